The Kier molecular flexibility index (Phi) is 9.84. The topological polar surface area (TPSA) is 97.6 Å². The molecule has 1 aromatic carbocycles. The van der Waals surface area contributed by atoms with E-state index < -0.39 is 6.10 Å². The largest absolute Gasteiger partial charge is 0.490 e. The first-order chi connectivity index (χ1) is 17.0. The third kappa shape index (κ3) is 6.91. The molecule has 0 radical (unpaired) electrons. The molecule has 0 aliphatic heterocycles. The Labute approximate surface area is 206 Å². The first kappa shape index (κ1) is 26.4. The summed E-state index contributed by atoms with van der Waals surface area (Å²) in [5.41, 5.74) is 3.61. The average Bonchev–Trinajstić information content (AvgIpc) is 3.17. The number of hydrogen-bond acceptors (Lipinski definition) is 8. The van der Waals surface area contributed by atoms with Crippen LogP contribution in [0.5, 0.6) is 11.6 Å². The molecule has 9 nitrogen and oxygen atoms in total. The summed E-state index contributed by atoms with van der Waals surface area (Å²) in [6.45, 7) is 9.27. The van der Waals surface area contributed by atoms with Crippen LogP contribution in [0.4, 0.5) is 0 Å². The summed E-state index contributed by atoms with van der Waals surface area (Å²) < 4.78 is 24.3. The molecule has 1 unspecified atom stereocenters. The van der Waals surface area contributed by atoms with Gasteiger partial charge in [0.15, 0.2) is 6.10 Å². The minimum absolute atomic E-state index is 0.331. The SMILES string of the molecule is CCCc1nn(C)c2c(OCCOc3ccc(CC(OCC)C(=O)OCC)cc3)nc(CC)nc12. The molecule has 1 atom stereocenters. The molecule has 0 spiro atoms. The molecule has 0 N–H and O–H groups in total. The maximum absolute atomic E-state index is 12.1. The van der Waals surface area contributed by atoms with Crippen LogP contribution in [-0.2, 0) is 40.6 Å². The van der Waals surface area contributed by atoms with Gasteiger partial charge in [-0.05, 0) is 38.0 Å². The van der Waals surface area contributed by atoms with Crippen molar-refractivity contribution in [2.24, 2.45) is 7.05 Å². The molecular formula is C26H36N4O5. The first-order valence-corrected chi connectivity index (χ1v) is 12.4. The van der Waals surface area contributed by atoms with E-state index in [2.05, 4.69) is 22.0 Å². The van der Waals surface area contributed by atoms with Crippen LogP contribution in [0.2, 0.25) is 0 Å². The Bertz CT molecular complexity index is 1100. The third-order valence-corrected chi connectivity index (χ3v) is 5.42. The summed E-state index contributed by atoms with van der Waals surface area (Å²) in [6.07, 6.45) is 2.42. The van der Waals surface area contributed by atoms with E-state index in [1.165, 1.54) is 0 Å². The Morgan fingerprint density at radius 3 is 2.40 bits per heavy atom. The number of nitrogens with zero attached hydrogens (tertiary/aromatic N) is 4. The van der Waals surface area contributed by atoms with Gasteiger partial charge in [-0.1, -0.05) is 32.4 Å². The van der Waals surface area contributed by atoms with Crippen LogP contribution in [0.25, 0.3) is 11.0 Å². The summed E-state index contributed by atoms with van der Waals surface area (Å²) in [6, 6.07) is 7.60. The molecule has 0 bridgehead atoms. The van der Waals surface area contributed by atoms with Crippen molar-refractivity contribution < 1.29 is 23.7 Å². The van der Waals surface area contributed by atoms with Gasteiger partial charge in [-0.15, -0.1) is 0 Å². The van der Waals surface area contributed by atoms with Crippen LogP contribution in [0.3, 0.4) is 0 Å². The number of aromatic nitrogens is 4. The highest BCUT2D eigenvalue weighted by Crippen LogP contribution is 2.26. The molecule has 3 aromatic rings. The molecule has 0 aliphatic carbocycles. The minimum Gasteiger partial charge on any atom is -0.490 e. The number of carbonyl (C=O) groups is 1. The van der Waals surface area contributed by atoms with Gasteiger partial charge >= 0.3 is 5.97 Å². The van der Waals surface area contributed by atoms with Crippen LogP contribution in [0.15, 0.2) is 24.3 Å². The van der Waals surface area contributed by atoms with Gasteiger partial charge in [-0.25, -0.2) is 9.78 Å². The number of fused-ring (bicyclic) bond motifs is 1. The van der Waals surface area contributed by atoms with E-state index in [1.807, 2.05) is 45.2 Å². The Morgan fingerprint density at radius 2 is 1.74 bits per heavy atom. The van der Waals surface area contributed by atoms with Crippen molar-refractivity contribution in [1.29, 1.82) is 0 Å². The molecule has 3 rings (SSSR count). The lowest BCUT2D eigenvalue weighted by atomic mass is 10.1. The lowest BCUT2D eigenvalue weighted by Gasteiger charge is -2.16. The first-order valence-electron chi connectivity index (χ1n) is 12.4. The van der Waals surface area contributed by atoms with Crippen molar-refractivity contribution in [3.05, 3.63) is 41.3 Å². The molecule has 0 fully saturated rings. The quantitative estimate of drug-likeness (QED) is 0.251. The molecule has 0 aliphatic rings. The predicted molar refractivity (Wildman–Crippen MR) is 133 cm³/mol. The van der Waals surface area contributed by atoms with E-state index in [-0.39, 0.29) is 5.97 Å². The van der Waals surface area contributed by atoms with Crippen molar-refractivity contribution in [2.45, 2.75) is 59.5 Å². The van der Waals surface area contributed by atoms with Crippen molar-refractivity contribution >= 4 is 17.0 Å². The monoisotopic (exact) mass is 484 g/mol. The maximum Gasteiger partial charge on any atom is 0.335 e. The van der Waals surface area contributed by atoms with Gasteiger partial charge < -0.3 is 18.9 Å². The molecule has 0 saturated carbocycles. The van der Waals surface area contributed by atoms with E-state index in [4.69, 9.17) is 18.9 Å². The van der Waals surface area contributed by atoms with Crippen molar-refractivity contribution in [3.63, 3.8) is 0 Å². The van der Waals surface area contributed by atoms with Crippen LogP contribution < -0.4 is 9.47 Å². The van der Waals surface area contributed by atoms with Gasteiger partial charge in [-0.3, -0.25) is 4.68 Å². The zero-order chi connectivity index (χ0) is 25.2. The van der Waals surface area contributed by atoms with Crippen molar-refractivity contribution in [3.8, 4) is 11.6 Å². The molecule has 35 heavy (non-hydrogen) atoms. The molecule has 0 amide bonds. The second-order valence-electron chi connectivity index (χ2n) is 8.06. The lowest BCUT2D eigenvalue weighted by molar-refractivity contribution is -0.156. The van der Waals surface area contributed by atoms with E-state index >= 15 is 0 Å². The van der Waals surface area contributed by atoms with Crippen molar-refractivity contribution in [1.82, 2.24) is 19.7 Å². The second-order valence-corrected chi connectivity index (χ2v) is 8.06. The number of rotatable bonds is 14. The summed E-state index contributed by atoms with van der Waals surface area (Å²) in [7, 11) is 1.89. The summed E-state index contributed by atoms with van der Waals surface area (Å²) in [4.78, 5) is 21.3. The number of aryl methyl sites for hydroxylation is 3. The molecule has 2 aromatic heterocycles. The summed E-state index contributed by atoms with van der Waals surface area (Å²) in [5.74, 6) is 1.65. The Morgan fingerprint density at radius 1 is 1.00 bits per heavy atom. The number of hydrogen-bond donors (Lipinski definition) is 0. The smallest absolute Gasteiger partial charge is 0.335 e. The summed E-state index contributed by atoms with van der Waals surface area (Å²) in [5, 5.41) is 4.62. The predicted octanol–water partition coefficient (Wildman–Crippen LogP) is 3.85. The van der Waals surface area contributed by atoms with E-state index in [0.29, 0.717) is 44.5 Å². The Hall–Kier alpha value is -3.20. The maximum atomic E-state index is 12.1. The van der Waals surface area contributed by atoms with Crippen LogP contribution in [0.1, 0.15) is 51.2 Å². The van der Waals surface area contributed by atoms with E-state index in [0.717, 1.165) is 47.4 Å². The molecule has 9 heteroatoms. The third-order valence-electron chi connectivity index (χ3n) is 5.42. The zero-order valence-electron chi connectivity index (χ0n) is 21.4. The van der Waals surface area contributed by atoms with Crippen LogP contribution in [-0.4, -0.2) is 58.2 Å². The molecule has 2 heterocycles. The zero-order valence-corrected chi connectivity index (χ0v) is 21.4. The van der Waals surface area contributed by atoms with Gasteiger partial charge in [0, 0.05) is 26.5 Å². The van der Waals surface area contributed by atoms with Gasteiger partial charge in [-0.2, -0.15) is 10.1 Å². The fourth-order valence-electron chi connectivity index (χ4n) is 3.79. The fourth-order valence-corrected chi connectivity index (χ4v) is 3.79. The van der Waals surface area contributed by atoms with Crippen LogP contribution >= 0.6 is 0 Å². The van der Waals surface area contributed by atoms with Gasteiger partial charge in [0.25, 0.3) is 0 Å². The average molecular weight is 485 g/mol. The van der Waals surface area contributed by atoms with Crippen LogP contribution in [0, 0.1) is 0 Å². The number of esters is 1. The Balaban J connectivity index is 1.59. The molecular weight excluding hydrogens is 448 g/mol. The van der Waals surface area contributed by atoms with Gasteiger partial charge in [0.2, 0.25) is 5.88 Å². The van der Waals surface area contributed by atoms with E-state index in [1.54, 1.807) is 11.6 Å². The highest BCUT2D eigenvalue weighted by atomic mass is 16.6. The summed E-state index contributed by atoms with van der Waals surface area (Å²) >= 11 is 0. The lowest BCUT2D eigenvalue weighted by Crippen LogP contribution is -2.28. The molecule has 0 saturated heterocycles. The molecule has 190 valence electrons. The minimum atomic E-state index is -0.609. The number of ether oxygens (including phenoxy) is 4. The standard InChI is InChI=1S/C26H36N4O5/c1-6-10-20-23-24(30(5)29-20)25(28-22(7-2)27-23)35-16-15-34-19-13-11-18(12-14-19)17-21(32-8-3)26(31)33-9-4/h11-14,21H,6-10,15-17H2,1-5H3. The normalized spacial score (nSPS) is 12.0. The van der Waals surface area contributed by atoms with E-state index in [9.17, 15) is 4.79 Å². The van der Waals surface area contributed by atoms with Gasteiger partial charge in [0.05, 0.1) is 12.3 Å². The number of carbonyl (C=O) groups excluding carboxylic acids is 1. The van der Waals surface area contributed by atoms with Gasteiger partial charge in [0.1, 0.15) is 35.8 Å². The number of benzene rings is 1. The fraction of sp³-hybridized carbons (Fsp3) is 0.538. The van der Waals surface area contributed by atoms with Crippen molar-refractivity contribution in [2.75, 3.05) is 26.4 Å². The highest BCUT2D eigenvalue weighted by molar-refractivity contribution is 5.82. The second kappa shape index (κ2) is 13.0. The highest BCUT2D eigenvalue weighted by Gasteiger charge is 2.21.